The number of unbranched alkanes of at least 4 members (excludes halogenated alkanes) is 8. The lowest BCUT2D eigenvalue weighted by Gasteiger charge is -2.16. The molecule has 0 aliphatic carbocycles. The third-order valence-electron chi connectivity index (χ3n) is 4.99. The second kappa shape index (κ2) is 16.7. The molecule has 0 aliphatic heterocycles. The Morgan fingerprint density at radius 2 is 1.52 bits per heavy atom. The van der Waals surface area contributed by atoms with E-state index in [4.69, 9.17) is 4.74 Å². The van der Waals surface area contributed by atoms with Crippen molar-refractivity contribution in [3.8, 4) is 0 Å². The van der Waals surface area contributed by atoms with Crippen molar-refractivity contribution in [1.29, 1.82) is 0 Å². The fraction of sp³-hybridized carbons (Fsp3) is 0.870. The van der Waals surface area contributed by atoms with Crippen molar-refractivity contribution in [2.45, 2.75) is 118 Å². The summed E-state index contributed by atoms with van der Waals surface area (Å²) in [6.45, 7) is 10.7. The van der Waals surface area contributed by atoms with Crippen LogP contribution >= 0.6 is 0 Å². The topological polar surface area (TPSA) is 26.3 Å². The number of rotatable bonds is 16. The minimum absolute atomic E-state index is 0.0305. The van der Waals surface area contributed by atoms with Gasteiger partial charge in [0.05, 0.1) is 0 Å². The van der Waals surface area contributed by atoms with Crippen LogP contribution < -0.4 is 0 Å². The van der Waals surface area contributed by atoms with Gasteiger partial charge in [0.15, 0.2) is 0 Å². The van der Waals surface area contributed by atoms with E-state index in [1.165, 1.54) is 57.8 Å². The largest absolute Gasteiger partial charge is 0.462 e. The van der Waals surface area contributed by atoms with Gasteiger partial charge in [-0.2, -0.15) is 0 Å². The van der Waals surface area contributed by atoms with E-state index in [0.717, 1.165) is 18.8 Å². The fourth-order valence-electron chi connectivity index (χ4n) is 2.78. The number of allylic oxidation sites excluding steroid dienone is 2. The van der Waals surface area contributed by atoms with Crippen molar-refractivity contribution in [2.24, 2.45) is 11.8 Å². The van der Waals surface area contributed by atoms with Crippen LogP contribution in [0.3, 0.4) is 0 Å². The van der Waals surface area contributed by atoms with Crippen LogP contribution in [0.5, 0.6) is 0 Å². The second-order valence-electron chi connectivity index (χ2n) is 8.00. The Morgan fingerprint density at radius 1 is 0.880 bits per heavy atom. The number of hydrogen-bond donors (Lipinski definition) is 0. The maximum atomic E-state index is 11.7. The Morgan fingerprint density at radius 3 is 2.20 bits per heavy atom. The molecule has 0 aliphatic rings. The zero-order valence-electron chi connectivity index (χ0n) is 17.7. The van der Waals surface area contributed by atoms with Crippen LogP contribution in [0.4, 0.5) is 0 Å². The normalized spacial score (nSPS) is 14.2. The molecule has 0 spiro atoms. The van der Waals surface area contributed by atoms with E-state index in [2.05, 4.69) is 39.8 Å². The van der Waals surface area contributed by atoms with Gasteiger partial charge in [-0.05, 0) is 44.4 Å². The van der Waals surface area contributed by atoms with E-state index < -0.39 is 0 Å². The van der Waals surface area contributed by atoms with E-state index in [-0.39, 0.29) is 12.1 Å². The molecule has 25 heavy (non-hydrogen) atoms. The first-order valence-corrected chi connectivity index (χ1v) is 10.8. The standard InChI is InChI=1S/C23H44O2/c1-6-7-8-14-17-21(4)18-15-12-10-9-11-13-16-19-23(24)25-22(5)20(2)3/h15,18,20-22H,6-14,16-17,19H2,1-5H3/b18-15+. The fourth-order valence-corrected chi connectivity index (χ4v) is 2.78. The van der Waals surface area contributed by atoms with Crippen LogP contribution in [0, 0.1) is 11.8 Å². The summed E-state index contributed by atoms with van der Waals surface area (Å²) < 4.78 is 5.39. The van der Waals surface area contributed by atoms with Crippen molar-refractivity contribution in [2.75, 3.05) is 0 Å². The Balaban J connectivity index is 3.43. The van der Waals surface area contributed by atoms with Crippen molar-refractivity contribution in [1.82, 2.24) is 0 Å². The predicted octanol–water partition coefficient (Wildman–Crippen LogP) is 7.47. The maximum Gasteiger partial charge on any atom is 0.306 e. The molecule has 148 valence electrons. The summed E-state index contributed by atoms with van der Waals surface area (Å²) in [7, 11) is 0. The summed E-state index contributed by atoms with van der Waals surface area (Å²) in [5, 5.41) is 0. The molecule has 2 atom stereocenters. The molecule has 0 amide bonds. The molecule has 0 radical (unpaired) electrons. The van der Waals surface area contributed by atoms with Gasteiger partial charge in [0, 0.05) is 6.42 Å². The third kappa shape index (κ3) is 16.4. The van der Waals surface area contributed by atoms with Crippen LogP contribution in [-0.2, 0) is 9.53 Å². The van der Waals surface area contributed by atoms with Crippen molar-refractivity contribution in [3.63, 3.8) is 0 Å². The molecule has 0 aromatic rings. The summed E-state index contributed by atoms with van der Waals surface area (Å²) in [5.41, 5.74) is 0. The van der Waals surface area contributed by atoms with Gasteiger partial charge in [-0.15, -0.1) is 0 Å². The number of carbonyl (C=O) groups is 1. The lowest BCUT2D eigenvalue weighted by atomic mass is 10.0. The minimum atomic E-state index is -0.0305. The van der Waals surface area contributed by atoms with E-state index in [1.807, 2.05) is 6.92 Å². The third-order valence-corrected chi connectivity index (χ3v) is 4.99. The van der Waals surface area contributed by atoms with Gasteiger partial charge in [0.2, 0.25) is 0 Å². The van der Waals surface area contributed by atoms with Crippen LogP contribution in [0.1, 0.15) is 112 Å². The highest BCUT2D eigenvalue weighted by molar-refractivity contribution is 5.69. The van der Waals surface area contributed by atoms with Gasteiger partial charge >= 0.3 is 5.97 Å². The number of esters is 1. The van der Waals surface area contributed by atoms with E-state index >= 15 is 0 Å². The molecule has 0 saturated heterocycles. The molecule has 0 fully saturated rings. The Hall–Kier alpha value is -0.790. The average Bonchev–Trinajstić information content (AvgIpc) is 2.57. The van der Waals surface area contributed by atoms with E-state index in [0.29, 0.717) is 12.3 Å². The van der Waals surface area contributed by atoms with E-state index in [9.17, 15) is 4.79 Å². The van der Waals surface area contributed by atoms with Crippen molar-refractivity contribution >= 4 is 5.97 Å². The smallest absolute Gasteiger partial charge is 0.306 e. The first-order chi connectivity index (χ1) is 12.0. The lowest BCUT2D eigenvalue weighted by molar-refractivity contribution is -0.150. The number of carbonyl (C=O) groups excluding carboxylic acids is 1. The monoisotopic (exact) mass is 352 g/mol. The SMILES string of the molecule is CCCCCCC(C)/C=C/CCCCCCCC(=O)OC(C)C(C)C. The number of hydrogen-bond acceptors (Lipinski definition) is 2. The molecule has 2 nitrogen and oxygen atoms in total. The second-order valence-corrected chi connectivity index (χ2v) is 8.00. The number of ether oxygens (including phenoxy) is 1. The summed E-state index contributed by atoms with van der Waals surface area (Å²) in [6, 6.07) is 0. The first-order valence-electron chi connectivity index (χ1n) is 10.8. The van der Waals surface area contributed by atoms with Crippen molar-refractivity contribution < 1.29 is 9.53 Å². The molecular formula is C23H44O2. The van der Waals surface area contributed by atoms with E-state index in [1.54, 1.807) is 0 Å². The van der Waals surface area contributed by atoms with Crippen LogP contribution in [0.25, 0.3) is 0 Å². The zero-order valence-corrected chi connectivity index (χ0v) is 17.7. The highest BCUT2D eigenvalue weighted by Gasteiger charge is 2.12. The van der Waals surface area contributed by atoms with Gasteiger partial charge in [-0.1, -0.05) is 84.8 Å². The minimum Gasteiger partial charge on any atom is -0.462 e. The maximum absolute atomic E-state index is 11.7. The van der Waals surface area contributed by atoms with Gasteiger partial charge in [0.25, 0.3) is 0 Å². The molecule has 2 heteroatoms. The highest BCUT2D eigenvalue weighted by atomic mass is 16.5. The van der Waals surface area contributed by atoms with Gasteiger partial charge in [-0.3, -0.25) is 4.79 Å². The Kier molecular flexibility index (Phi) is 16.1. The molecule has 0 N–H and O–H groups in total. The molecular weight excluding hydrogens is 308 g/mol. The molecule has 0 rings (SSSR count). The molecule has 0 aromatic carbocycles. The Bertz CT molecular complexity index is 333. The Labute approximate surface area is 157 Å². The average molecular weight is 353 g/mol. The van der Waals surface area contributed by atoms with Crippen LogP contribution in [0.15, 0.2) is 12.2 Å². The molecule has 2 unspecified atom stereocenters. The predicted molar refractivity (Wildman–Crippen MR) is 110 cm³/mol. The lowest BCUT2D eigenvalue weighted by Crippen LogP contribution is -2.19. The summed E-state index contributed by atoms with van der Waals surface area (Å²) in [6.07, 6.45) is 19.3. The first kappa shape index (κ1) is 24.2. The van der Waals surface area contributed by atoms with Gasteiger partial charge in [-0.25, -0.2) is 0 Å². The van der Waals surface area contributed by atoms with Gasteiger partial charge < -0.3 is 4.74 Å². The molecule has 0 saturated carbocycles. The van der Waals surface area contributed by atoms with Crippen molar-refractivity contribution in [3.05, 3.63) is 12.2 Å². The zero-order chi connectivity index (χ0) is 18.9. The van der Waals surface area contributed by atoms with Crippen LogP contribution in [0.2, 0.25) is 0 Å². The summed E-state index contributed by atoms with van der Waals surface area (Å²) in [5.74, 6) is 1.10. The van der Waals surface area contributed by atoms with Gasteiger partial charge in [0.1, 0.15) is 6.10 Å². The molecule has 0 heterocycles. The molecule has 0 bridgehead atoms. The summed E-state index contributed by atoms with van der Waals surface area (Å²) in [4.78, 5) is 11.7. The van der Waals surface area contributed by atoms with Crippen LogP contribution in [-0.4, -0.2) is 12.1 Å². The molecule has 0 aromatic heterocycles. The quantitative estimate of drug-likeness (QED) is 0.164. The highest BCUT2D eigenvalue weighted by Crippen LogP contribution is 2.14. The summed E-state index contributed by atoms with van der Waals surface area (Å²) >= 11 is 0.